The number of nitrogens with two attached hydrogens (primary N) is 1. The van der Waals surface area contributed by atoms with E-state index in [0.29, 0.717) is 17.5 Å². The molecular weight excluding hydrogens is 661 g/mol. The number of fused-ring (bicyclic) bond motifs is 2. The molecule has 2 saturated heterocycles. The van der Waals surface area contributed by atoms with Crippen molar-refractivity contribution in [2.75, 3.05) is 55.5 Å². The molecule has 7 heteroatoms. The standard InChI is InChI=1S/C22H36N2O2S.C18H28N2.C5H12.H2/c1-4-6-8-9-13-24-16-20-21(17-24)22(20,3)18-11-10-12-19(15-18)23-27(25,26)14-7-5-2;1-3-4-5-6-10-20-12-16-17(13-20)18(16,2)14-8-7-9-15(19)11-14;1-3-5-4-2;/h10-12,15,20-21,23H,4-9,13-14,16-17H2,1-3H3;7-9,11,16-17H,3-6,10,12-13,19H2,1-2H3;3-5H2,1-2H3;1H. The zero-order valence-electron chi connectivity index (χ0n) is 34.3. The van der Waals surface area contributed by atoms with Crippen LogP contribution in [0.15, 0.2) is 48.5 Å². The van der Waals surface area contributed by atoms with Crippen LogP contribution in [0.1, 0.15) is 144 Å². The number of nitrogen functional groups attached to an aromatic ring is 1. The highest BCUT2D eigenvalue weighted by molar-refractivity contribution is 7.92. The highest BCUT2D eigenvalue weighted by atomic mass is 32.2. The smallest absolute Gasteiger partial charge is 0.232 e. The van der Waals surface area contributed by atoms with Crippen LogP contribution in [0.4, 0.5) is 11.4 Å². The highest BCUT2D eigenvalue weighted by Crippen LogP contribution is 2.64. The number of nitrogens with one attached hydrogen (secondary N) is 1. The summed E-state index contributed by atoms with van der Waals surface area (Å²) < 4.78 is 27.2. The Bertz CT molecular complexity index is 1440. The second-order valence-corrected chi connectivity index (χ2v) is 18.8. The lowest BCUT2D eigenvalue weighted by Crippen LogP contribution is -2.30. The summed E-state index contributed by atoms with van der Waals surface area (Å²) in [6.45, 7) is 23.3. The maximum absolute atomic E-state index is 12.2. The Morgan fingerprint density at radius 1 is 0.635 bits per heavy atom. The van der Waals surface area contributed by atoms with Gasteiger partial charge in [-0.1, -0.05) is 137 Å². The Labute approximate surface area is 321 Å². The minimum absolute atomic E-state index is 0. The molecule has 2 heterocycles. The molecule has 0 spiro atoms. The molecule has 2 aliphatic heterocycles. The van der Waals surface area contributed by atoms with Crippen LogP contribution in [0.5, 0.6) is 0 Å². The number of piperidine rings is 2. The van der Waals surface area contributed by atoms with Crippen molar-refractivity contribution in [2.24, 2.45) is 23.7 Å². The minimum atomic E-state index is -3.24. The average molecular weight is 739 g/mol. The van der Waals surface area contributed by atoms with E-state index in [-0.39, 0.29) is 12.6 Å². The van der Waals surface area contributed by atoms with E-state index in [0.717, 1.165) is 35.8 Å². The Morgan fingerprint density at radius 3 is 1.50 bits per heavy atom. The van der Waals surface area contributed by atoms with Crippen LogP contribution in [-0.2, 0) is 20.9 Å². The topological polar surface area (TPSA) is 78.7 Å². The maximum Gasteiger partial charge on any atom is 0.232 e. The third kappa shape index (κ3) is 11.0. The molecule has 0 radical (unpaired) electrons. The molecule has 296 valence electrons. The van der Waals surface area contributed by atoms with E-state index in [4.69, 9.17) is 5.73 Å². The lowest BCUT2D eigenvalue weighted by Gasteiger charge is -2.24. The predicted molar refractivity (Wildman–Crippen MR) is 227 cm³/mol. The van der Waals surface area contributed by atoms with E-state index in [1.807, 2.05) is 25.1 Å². The van der Waals surface area contributed by atoms with E-state index in [9.17, 15) is 8.42 Å². The second kappa shape index (κ2) is 20.0. The fourth-order valence-corrected chi connectivity index (χ4v) is 10.6. The molecule has 4 aliphatic rings. The van der Waals surface area contributed by atoms with E-state index >= 15 is 0 Å². The van der Waals surface area contributed by atoms with E-state index in [1.165, 1.54) is 121 Å². The van der Waals surface area contributed by atoms with Crippen LogP contribution >= 0.6 is 0 Å². The van der Waals surface area contributed by atoms with Crippen molar-refractivity contribution < 1.29 is 9.84 Å². The molecule has 3 N–H and O–H groups in total. The molecule has 4 fully saturated rings. The van der Waals surface area contributed by atoms with E-state index in [2.05, 4.69) is 86.4 Å². The van der Waals surface area contributed by atoms with Crippen LogP contribution in [0.3, 0.4) is 0 Å². The van der Waals surface area contributed by atoms with Gasteiger partial charge in [-0.05, 0) is 91.4 Å². The molecular formula is C45H78N4O2S. The third-order valence-electron chi connectivity index (χ3n) is 13.0. The first-order valence-electron chi connectivity index (χ1n) is 21.4. The number of nitrogens with zero attached hydrogens (tertiary/aromatic N) is 2. The van der Waals surface area contributed by atoms with Gasteiger partial charge in [0.1, 0.15) is 0 Å². The van der Waals surface area contributed by atoms with Crippen molar-refractivity contribution in [3.63, 3.8) is 0 Å². The van der Waals surface area contributed by atoms with E-state index in [1.54, 1.807) is 0 Å². The van der Waals surface area contributed by atoms with Crippen LogP contribution in [-0.4, -0.2) is 63.2 Å². The van der Waals surface area contributed by atoms with Gasteiger partial charge in [-0.3, -0.25) is 4.72 Å². The van der Waals surface area contributed by atoms with Gasteiger partial charge in [0, 0.05) is 49.8 Å². The summed E-state index contributed by atoms with van der Waals surface area (Å²) in [5.41, 5.74) is 10.9. The van der Waals surface area contributed by atoms with Crippen molar-refractivity contribution in [1.29, 1.82) is 0 Å². The predicted octanol–water partition coefficient (Wildman–Crippen LogP) is 10.7. The summed E-state index contributed by atoms with van der Waals surface area (Å²) in [4.78, 5) is 5.31. The zero-order valence-corrected chi connectivity index (χ0v) is 35.1. The number of anilines is 2. The van der Waals surface area contributed by atoms with Gasteiger partial charge in [-0.2, -0.15) is 0 Å². The second-order valence-electron chi connectivity index (χ2n) is 17.0. The number of hydrogen-bond acceptors (Lipinski definition) is 5. The molecule has 52 heavy (non-hydrogen) atoms. The maximum atomic E-state index is 12.2. The molecule has 0 bridgehead atoms. The summed E-state index contributed by atoms with van der Waals surface area (Å²) in [5.74, 6) is 3.35. The molecule has 0 aromatic heterocycles. The molecule has 0 amide bonds. The summed E-state index contributed by atoms with van der Waals surface area (Å²) in [6, 6.07) is 16.6. The van der Waals surface area contributed by atoms with Crippen molar-refractivity contribution in [2.45, 2.75) is 143 Å². The van der Waals surface area contributed by atoms with Gasteiger partial charge in [0.2, 0.25) is 10.0 Å². The van der Waals surface area contributed by atoms with Gasteiger partial charge in [-0.25, -0.2) is 8.42 Å². The fraction of sp³-hybridized carbons (Fsp3) is 0.733. The van der Waals surface area contributed by atoms with Crippen LogP contribution in [0, 0.1) is 23.7 Å². The summed E-state index contributed by atoms with van der Waals surface area (Å²) >= 11 is 0. The average Bonchev–Trinajstić information content (AvgIpc) is 3.60. The quantitative estimate of drug-likeness (QED) is 0.111. The largest absolute Gasteiger partial charge is 0.399 e. The Hall–Kier alpha value is -2.09. The first kappa shape index (κ1) is 42.6. The molecule has 2 aromatic rings. The highest BCUT2D eigenvalue weighted by Gasteiger charge is 2.66. The number of likely N-dealkylation sites (tertiary alicyclic amines) is 2. The van der Waals surface area contributed by atoms with Gasteiger partial charge in [0.25, 0.3) is 0 Å². The number of rotatable bonds is 19. The number of unbranched alkanes of at least 4 members (excludes halogenated alkanes) is 9. The fourth-order valence-electron chi connectivity index (χ4n) is 9.38. The molecule has 6 nitrogen and oxygen atoms in total. The Morgan fingerprint density at radius 2 is 1.08 bits per heavy atom. The number of hydrogen-bond donors (Lipinski definition) is 2. The number of sulfonamides is 1. The van der Waals surface area contributed by atoms with Gasteiger partial charge >= 0.3 is 0 Å². The lowest BCUT2D eigenvalue weighted by molar-refractivity contribution is 0.271. The van der Waals surface area contributed by atoms with Gasteiger partial charge in [0.05, 0.1) is 5.75 Å². The van der Waals surface area contributed by atoms with Crippen LogP contribution < -0.4 is 10.5 Å². The van der Waals surface area contributed by atoms with Gasteiger partial charge in [0.15, 0.2) is 0 Å². The lowest BCUT2D eigenvalue weighted by atomic mass is 9.92. The normalized spacial score (nSPS) is 27.5. The molecule has 4 unspecified atom stereocenters. The van der Waals surface area contributed by atoms with Crippen LogP contribution in [0.2, 0.25) is 0 Å². The Kier molecular flexibility index (Phi) is 16.4. The summed E-state index contributed by atoms with van der Waals surface area (Å²) in [5, 5.41) is 0. The van der Waals surface area contributed by atoms with Crippen molar-refractivity contribution >= 4 is 21.4 Å². The van der Waals surface area contributed by atoms with Gasteiger partial charge < -0.3 is 15.5 Å². The van der Waals surface area contributed by atoms with Crippen LogP contribution in [0.25, 0.3) is 0 Å². The Balaban J connectivity index is 0.000000256. The monoisotopic (exact) mass is 739 g/mol. The molecule has 2 saturated carbocycles. The van der Waals surface area contributed by atoms with Gasteiger partial charge in [-0.15, -0.1) is 0 Å². The molecule has 6 rings (SSSR count). The van der Waals surface area contributed by atoms with Crippen molar-refractivity contribution in [3.05, 3.63) is 59.7 Å². The number of benzene rings is 2. The third-order valence-corrected chi connectivity index (χ3v) is 14.4. The summed E-state index contributed by atoms with van der Waals surface area (Å²) in [6.07, 6.45) is 16.5. The minimum Gasteiger partial charge on any atom is -0.399 e. The first-order chi connectivity index (χ1) is 25.0. The molecule has 2 aromatic carbocycles. The summed E-state index contributed by atoms with van der Waals surface area (Å²) in [7, 11) is -3.24. The van der Waals surface area contributed by atoms with Crippen molar-refractivity contribution in [3.8, 4) is 0 Å². The van der Waals surface area contributed by atoms with E-state index < -0.39 is 10.0 Å². The zero-order chi connectivity index (χ0) is 37.8. The van der Waals surface area contributed by atoms with Crippen molar-refractivity contribution in [1.82, 2.24) is 9.80 Å². The molecule has 4 atom stereocenters. The molecule has 2 aliphatic carbocycles. The SMILES string of the molecule is CCCCC.CCCCCCN1CC2C(C1)C2(C)c1cccc(N)c1.CCCCCCN1CC2C(C1)C2(C)c1cccc(NS(=O)(=O)CCCC)c1.[HH]. The first-order valence-corrected chi connectivity index (χ1v) is 23.0.